The molecule has 0 bridgehead atoms. The Balaban J connectivity index is 1.89. The van der Waals surface area contributed by atoms with Gasteiger partial charge in [-0.1, -0.05) is 29.8 Å². The molecule has 1 N–H and O–H groups in total. The normalized spacial score (nSPS) is 10.6. The molecule has 0 radical (unpaired) electrons. The maximum Gasteiger partial charge on any atom is 0.204 e. The van der Waals surface area contributed by atoms with E-state index >= 15 is 0 Å². The lowest BCUT2D eigenvalue weighted by Gasteiger charge is -2.14. The van der Waals surface area contributed by atoms with E-state index in [0.717, 1.165) is 15.6 Å². The van der Waals surface area contributed by atoms with Gasteiger partial charge in [0, 0.05) is 16.1 Å². The van der Waals surface area contributed by atoms with Crippen molar-refractivity contribution < 1.29 is 9.47 Å². The number of ether oxygens (including phenoxy) is 2. The van der Waals surface area contributed by atoms with Crippen LogP contribution in [0.15, 0.2) is 40.9 Å². The maximum atomic E-state index is 6.15. The van der Waals surface area contributed by atoms with Gasteiger partial charge in [0.15, 0.2) is 11.5 Å². The van der Waals surface area contributed by atoms with Crippen LogP contribution in [0, 0.1) is 0 Å². The molecule has 23 heavy (non-hydrogen) atoms. The van der Waals surface area contributed by atoms with Crippen LogP contribution < -0.4 is 9.47 Å². The second kappa shape index (κ2) is 6.97. The average Bonchev–Trinajstić information content (AvgIpc) is 3.09. The van der Waals surface area contributed by atoms with Gasteiger partial charge < -0.3 is 9.47 Å². The van der Waals surface area contributed by atoms with Crippen molar-refractivity contribution in [2.24, 2.45) is 0 Å². The fraction of sp³-hybridized carbons (Fsp3) is 0.133. The lowest BCUT2D eigenvalue weighted by Crippen LogP contribution is -2.00. The fourth-order valence-corrected chi connectivity index (χ4v) is 2.79. The molecule has 0 saturated carbocycles. The molecule has 0 amide bonds. The molecule has 0 aliphatic rings. The fourth-order valence-electron chi connectivity index (χ4n) is 2.04. The van der Waals surface area contributed by atoms with Crippen LogP contribution in [0.3, 0.4) is 0 Å². The Morgan fingerprint density at radius 2 is 2.09 bits per heavy atom. The standard InChI is InChI=1S/C15H12BrClN4O2/c1-22-13-7-10(15-18-20-21-19-15)6-11(16)14(13)23-8-9-4-2-3-5-12(9)17/h2-7H,8H2,1H3,(H,18,19,20,21). The van der Waals surface area contributed by atoms with Crippen molar-refractivity contribution >= 4 is 27.5 Å². The number of halogens is 2. The van der Waals surface area contributed by atoms with Crippen LogP contribution in [0.4, 0.5) is 0 Å². The predicted octanol–water partition coefficient (Wildman–Crippen LogP) is 3.87. The minimum Gasteiger partial charge on any atom is -0.493 e. The third kappa shape index (κ3) is 3.46. The molecule has 0 saturated heterocycles. The number of aromatic amines is 1. The highest BCUT2D eigenvalue weighted by Gasteiger charge is 2.15. The van der Waals surface area contributed by atoms with Gasteiger partial charge in [0.05, 0.1) is 11.6 Å². The number of aromatic nitrogens is 4. The number of nitrogens with zero attached hydrogens (tertiary/aromatic N) is 3. The van der Waals surface area contributed by atoms with Crippen molar-refractivity contribution in [1.82, 2.24) is 20.6 Å². The number of nitrogens with one attached hydrogen (secondary N) is 1. The Hall–Kier alpha value is -2.12. The van der Waals surface area contributed by atoms with E-state index < -0.39 is 0 Å². The van der Waals surface area contributed by atoms with Crippen LogP contribution in [0.25, 0.3) is 11.4 Å². The molecule has 2 aromatic carbocycles. The van der Waals surface area contributed by atoms with E-state index in [4.69, 9.17) is 21.1 Å². The zero-order chi connectivity index (χ0) is 16.2. The Morgan fingerprint density at radius 1 is 1.26 bits per heavy atom. The van der Waals surface area contributed by atoms with Gasteiger partial charge in [-0.15, -0.1) is 10.2 Å². The third-order valence-corrected chi connectivity index (χ3v) is 4.12. The maximum absolute atomic E-state index is 6.15. The van der Waals surface area contributed by atoms with Crippen molar-refractivity contribution in [2.75, 3.05) is 7.11 Å². The Kier molecular flexibility index (Phi) is 4.78. The Morgan fingerprint density at radius 3 is 2.78 bits per heavy atom. The number of tetrazole rings is 1. The van der Waals surface area contributed by atoms with Crippen LogP contribution in [-0.4, -0.2) is 27.7 Å². The molecule has 0 fully saturated rings. The van der Waals surface area contributed by atoms with E-state index in [2.05, 4.69) is 36.6 Å². The van der Waals surface area contributed by atoms with Gasteiger partial charge in [-0.2, -0.15) is 5.21 Å². The van der Waals surface area contributed by atoms with Gasteiger partial charge in [-0.05, 0) is 39.3 Å². The minimum absolute atomic E-state index is 0.330. The molecule has 0 unspecified atom stereocenters. The molecule has 0 atom stereocenters. The first-order valence-corrected chi connectivity index (χ1v) is 7.83. The van der Waals surface area contributed by atoms with Crippen molar-refractivity contribution in [2.45, 2.75) is 6.61 Å². The highest BCUT2D eigenvalue weighted by atomic mass is 79.9. The number of hydrogen-bond donors (Lipinski definition) is 1. The van der Waals surface area contributed by atoms with Crippen molar-refractivity contribution in [3.8, 4) is 22.9 Å². The van der Waals surface area contributed by atoms with Gasteiger partial charge in [-0.3, -0.25) is 0 Å². The lowest BCUT2D eigenvalue weighted by atomic mass is 10.2. The first-order chi connectivity index (χ1) is 11.2. The quantitative estimate of drug-likeness (QED) is 0.710. The first kappa shape index (κ1) is 15.8. The summed E-state index contributed by atoms with van der Waals surface area (Å²) in [4.78, 5) is 0. The summed E-state index contributed by atoms with van der Waals surface area (Å²) in [6.45, 7) is 0.330. The number of H-pyrrole nitrogens is 1. The molecule has 8 heteroatoms. The Labute approximate surface area is 145 Å². The smallest absolute Gasteiger partial charge is 0.204 e. The molecular weight excluding hydrogens is 384 g/mol. The molecule has 3 rings (SSSR count). The van der Waals surface area contributed by atoms with Crippen LogP contribution >= 0.6 is 27.5 Å². The molecular formula is C15H12BrClN4O2. The molecule has 6 nitrogen and oxygen atoms in total. The van der Waals surface area contributed by atoms with Crippen LogP contribution in [0.2, 0.25) is 5.02 Å². The third-order valence-electron chi connectivity index (χ3n) is 3.16. The van der Waals surface area contributed by atoms with Crippen molar-refractivity contribution in [3.63, 3.8) is 0 Å². The van der Waals surface area contributed by atoms with Crippen LogP contribution in [0.5, 0.6) is 11.5 Å². The predicted molar refractivity (Wildman–Crippen MR) is 89.6 cm³/mol. The SMILES string of the molecule is COc1cc(-c2nn[nH]n2)cc(Br)c1OCc1ccccc1Cl. The van der Waals surface area contributed by atoms with Crippen LogP contribution in [0.1, 0.15) is 5.56 Å². The Bertz CT molecular complexity index is 811. The van der Waals surface area contributed by atoms with Crippen molar-refractivity contribution in [3.05, 3.63) is 51.5 Å². The molecule has 3 aromatic rings. The van der Waals surface area contributed by atoms with E-state index in [1.807, 2.05) is 30.3 Å². The zero-order valence-electron chi connectivity index (χ0n) is 12.1. The second-order valence-corrected chi connectivity index (χ2v) is 5.87. The van der Waals surface area contributed by atoms with E-state index in [0.29, 0.717) is 29.0 Å². The summed E-state index contributed by atoms with van der Waals surface area (Å²) >= 11 is 9.64. The molecule has 0 spiro atoms. The zero-order valence-corrected chi connectivity index (χ0v) is 14.4. The highest BCUT2D eigenvalue weighted by Crippen LogP contribution is 2.39. The first-order valence-electron chi connectivity index (χ1n) is 6.66. The summed E-state index contributed by atoms with van der Waals surface area (Å²) in [5.41, 5.74) is 1.65. The van der Waals surface area contributed by atoms with Gasteiger partial charge in [0.2, 0.25) is 5.82 Å². The lowest BCUT2D eigenvalue weighted by molar-refractivity contribution is 0.283. The molecule has 1 aromatic heterocycles. The van der Waals surface area contributed by atoms with E-state index in [1.54, 1.807) is 13.2 Å². The van der Waals surface area contributed by atoms with Gasteiger partial charge >= 0.3 is 0 Å². The number of benzene rings is 2. The number of hydrogen-bond acceptors (Lipinski definition) is 5. The van der Waals surface area contributed by atoms with Crippen molar-refractivity contribution in [1.29, 1.82) is 0 Å². The molecule has 1 heterocycles. The number of rotatable bonds is 5. The molecule has 118 valence electrons. The van der Waals surface area contributed by atoms with Gasteiger partial charge in [0.1, 0.15) is 6.61 Å². The number of methoxy groups -OCH3 is 1. The largest absolute Gasteiger partial charge is 0.493 e. The van der Waals surface area contributed by atoms with E-state index in [1.165, 1.54) is 0 Å². The summed E-state index contributed by atoms with van der Waals surface area (Å²) in [7, 11) is 1.57. The van der Waals surface area contributed by atoms with Gasteiger partial charge in [-0.25, -0.2) is 0 Å². The van der Waals surface area contributed by atoms with Gasteiger partial charge in [0.25, 0.3) is 0 Å². The summed E-state index contributed by atoms with van der Waals surface area (Å²) in [6.07, 6.45) is 0. The van der Waals surface area contributed by atoms with E-state index in [-0.39, 0.29) is 0 Å². The molecule has 0 aliphatic carbocycles. The summed E-state index contributed by atoms with van der Waals surface area (Å²) in [6, 6.07) is 11.2. The monoisotopic (exact) mass is 394 g/mol. The summed E-state index contributed by atoms with van der Waals surface area (Å²) in [5, 5.41) is 14.5. The second-order valence-electron chi connectivity index (χ2n) is 4.60. The highest BCUT2D eigenvalue weighted by molar-refractivity contribution is 9.10. The summed E-state index contributed by atoms with van der Waals surface area (Å²) < 4.78 is 12.0. The molecule has 0 aliphatic heterocycles. The minimum atomic E-state index is 0.330. The van der Waals surface area contributed by atoms with E-state index in [9.17, 15) is 0 Å². The topological polar surface area (TPSA) is 72.9 Å². The summed E-state index contributed by atoms with van der Waals surface area (Å²) in [5.74, 6) is 1.62. The van der Waals surface area contributed by atoms with Crippen LogP contribution in [-0.2, 0) is 6.61 Å². The average molecular weight is 396 g/mol.